The highest BCUT2D eigenvalue weighted by Gasteiger charge is 2.21. The molecule has 1 aromatic carbocycles. The Hall–Kier alpha value is -0.860. The van der Waals surface area contributed by atoms with E-state index < -0.39 is 0 Å². The molecule has 0 aliphatic carbocycles. The summed E-state index contributed by atoms with van der Waals surface area (Å²) in [4.78, 5) is 2.52. The number of fused-ring (bicyclic) bond motifs is 1. The summed E-state index contributed by atoms with van der Waals surface area (Å²) in [5.41, 5.74) is 9.89. The van der Waals surface area contributed by atoms with E-state index in [2.05, 4.69) is 36.9 Å². The van der Waals surface area contributed by atoms with Gasteiger partial charge < -0.3 is 5.73 Å². The van der Waals surface area contributed by atoms with Crippen molar-refractivity contribution in [2.24, 2.45) is 5.73 Å². The molecule has 2 rings (SSSR count). The van der Waals surface area contributed by atoms with Crippen LogP contribution in [-0.2, 0) is 19.5 Å². The minimum absolute atomic E-state index is 0.652. The van der Waals surface area contributed by atoms with Gasteiger partial charge in [-0.3, -0.25) is 4.90 Å². The molecule has 1 aromatic rings. The van der Waals surface area contributed by atoms with Crippen LogP contribution in [0.15, 0.2) is 18.2 Å². The van der Waals surface area contributed by atoms with Gasteiger partial charge in [0.05, 0.1) is 0 Å². The minimum Gasteiger partial charge on any atom is -0.326 e. The first kappa shape index (κ1) is 10.7. The van der Waals surface area contributed by atoms with Gasteiger partial charge in [-0.15, -0.1) is 0 Å². The zero-order chi connectivity index (χ0) is 10.8. The summed E-state index contributed by atoms with van der Waals surface area (Å²) < 4.78 is 0. The Morgan fingerprint density at radius 2 is 2.20 bits per heavy atom. The lowest BCUT2D eigenvalue weighted by Crippen LogP contribution is -2.38. The van der Waals surface area contributed by atoms with E-state index in [9.17, 15) is 0 Å². The second kappa shape index (κ2) is 4.33. The first-order valence-electron chi connectivity index (χ1n) is 5.79. The van der Waals surface area contributed by atoms with Crippen molar-refractivity contribution in [3.05, 3.63) is 34.9 Å². The number of benzene rings is 1. The predicted molar refractivity (Wildman–Crippen MR) is 63.6 cm³/mol. The van der Waals surface area contributed by atoms with Crippen LogP contribution >= 0.6 is 0 Å². The van der Waals surface area contributed by atoms with E-state index in [-0.39, 0.29) is 0 Å². The Morgan fingerprint density at radius 3 is 2.87 bits per heavy atom. The first-order valence-corrected chi connectivity index (χ1v) is 5.79. The lowest BCUT2D eigenvalue weighted by atomic mass is 9.93. The number of nitrogens with zero attached hydrogens (tertiary/aromatic N) is 1. The van der Waals surface area contributed by atoms with Gasteiger partial charge in [0.1, 0.15) is 0 Å². The van der Waals surface area contributed by atoms with E-state index in [1.807, 2.05) is 0 Å². The Morgan fingerprint density at radius 1 is 1.40 bits per heavy atom. The normalized spacial score (nSPS) is 21.4. The molecule has 0 saturated carbocycles. The Kier molecular flexibility index (Phi) is 3.08. The molecule has 0 amide bonds. The summed E-state index contributed by atoms with van der Waals surface area (Å²) in [6.07, 6.45) is 1.16. The van der Waals surface area contributed by atoms with E-state index in [4.69, 9.17) is 5.73 Å². The maximum Gasteiger partial charge on any atom is 0.0239 e. The van der Waals surface area contributed by atoms with Gasteiger partial charge >= 0.3 is 0 Å². The average Bonchev–Trinajstić information content (AvgIpc) is 2.27. The summed E-state index contributed by atoms with van der Waals surface area (Å²) >= 11 is 0. The van der Waals surface area contributed by atoms with Gasteiger partial charge in [-0.1, -0.05) is 25.1 Å². The monoisotopic (exact) mass is 204 g/mol. The third-order valence-electron chi connectivity index (χ3n) is 3.42. The number of hydrogen-bond acceptors (Lipinski definition) is 2. The van der Waals surface area contributed by atoms with E-state index in [1.165, 1.54) is 16.7 Å². The Bertz CT molecular complexity index is 346. The molecule has 0 radical (unpaired) electrons. The highest BCUT2D eigenvalue weighted by Crippen LogP contribution is 2.23. The molecule has 1 aliphatic heterocycles. The maximum atomic E-state index is 5.66. The lowest BCUT2D eigenvalue weighted by molar-refractivity contribution is 0.195. The standard InChI is InChI=1S/C13H20N2/c1-3-15-9-12-5-4-11(8-14)7-13(12)6-10(15)2/h4-5,7,10H,3,6,8-9,14H2,1-2H3. The molecule has 2 nitrogen and oxygen atoms in total. The van der Waals surface area contributed by atoms with E-state index in [0.29, 0.717) is 12.6 Å². The van der Waals surface area contributed by atoms with Crippen molar-refractivity contribution in [2.45, 2.75) is 39.4 Å². The molecule has 1 heterocycles. The van der Waals surface area contributed by atoms with Crippen molar-refractivity contribution in [1.29, 1.82) is 0 Å². The largest absolute Gasteiger partial charge is 0.326 e. The quantitative estimate of drug-likeness (QED) is 0.797. The summed E-state index contributed by atoms with van der Waals surface area (Å²) in [6, 6.07) is 7.34. The van der Waals surface area contributed by atoms with Crippen LogP contribution in [0, 0.1) is 0 Å². The number of likely N-dealkylation sites (N-methyl/N-ethyl adjacent to an activating group) is 1. The van der Waals surface area contributed by atoms with Crippen LogP contribution in [0.1, 0.15) is 30.5 Å². The molecule has 1 aliphatic rings. The second-order valence-electron chi connectivity index (χ2n) is 4.42. The van der Waals surface area contributed by atoms with Crippen LogP contribution in [0.4, 0.5) is 0 Å². The van der Waals surface area contributed by atoms with Crippen molar-refractivity contribution in [3.63, 3.8) is 0 Å². The second-order valence-corrected chi connectivity index (χ2v) is 4.42. The van der Waals surface area contributed by atoms with Crippen LogP contribution in [0.5, 0.6) is 0 Å². The average molecular weight is 204 g/mol. The summed E-state index contributed by atoms with van der Waals surface area (Å²) in [5.74, 6) is 0. The first-order chi connectivity index (χ1) is 7.24. The SMILES string of the molecule is CCN1Cc2ccc(CN)cc2CC1C. The van der Waals surface area contributed by atoms with Gasteiger partial charge in [-0.2, -0.15) is 0 Å². The molecule has 1 unspecified atom stereocenters. The van der Waals surface area contributed by atoms with Gasteiger partial charge in [-0.05, 0) is 36.6 Å². The molecule has 2 heteroatoms. The van der Waals surface area contributed by atoms with Gasteiger partial charge in [0.2, 0.25) is 0 Å². The highest BCUT2D eigenvalue weighted by molar-refractivity contribution is 5.34. The molecule has 0 bridgehead atoms. The van der Waals surface area contributed by atoms with Crippen LogP contribution < -0.4 is 5.73 Å². The van der Waals surface area contributed by atoms with Crippen molar-refractivity contribution in [2.75, 3.05) is 6.54 Å². The fraction of sp³-hybridized carbons (Fsp3) is 0.538. The van der Waals surface area contributed by atoms with Crippen LogP contribution in [0.3, 0.4) is 0 Å². The Balaban J connectivity index is 2.28. The van der Waals surface area contributed by atoms with E-state index >= 15 is 0 Å². The van der Waals surface area contributed by atoms with Gasteiger partial charge in [-0.25, -0.2) is 0 Å². The minimum atomic E-state index is 0.652. The molecule has 0 aromatic heterocycles. The zero-order valence-corrected chi connectivity index (χ0v) is 9.66. The van der Waals surface area contributed by atoms with Crippen LogP contribution in [0.2, 0.25) is 0 Å². The molecular weight excluding hydrogens is 184 g/mol. The van der Waals surface area contributed by atoms with Crippen molar-refractivity contribution in [1.82, 2.24) is 4.90 Å². The molecule has 1 atom stereocenters. The maximum absolute atomic E-state index is 5.66. The molecule has 0 spiro atoms. The van der Waals surface area contributed by atoms with E-state index in [0.717, 1.165) is 19.5 Å². The third-order valence-corrected chi connectivity index (χ3v) is 3.42. The third kappa shape index (κ3) is 2.06. The van der Waals surface area contributed by atoms with Crippen molar-refractivity contribution < 1.29 is 0 Å². The van der Waals surface area contributed by atoms with E-state index in [1.54, 1.807) is 0 Å². The molecule has 0 fully saturated rings. The van der Waals surface area contributed by atoms with Gasteiger partial charge in [0, 0.05) is 19.1 Å². The molecule has 2 N–H and O–H groups in total. The molecular formula is C13H20N2. The van der Waals surface area contributed by atoms with Crippen molar-refractivity contribution in [3.8, 4) is 0 Å². The highest BCUT2D eigenvalue weighted by atomic mass is 15.1. The fourth-order valence-corrected chi connectivity index (χ4v) is 2.40. The fourth-order valence-electron chi connectivity index (χ4n) is 2.40. The molecule has 82 valence electrons. The zero-order valence-electron chi connectivity index (χ0n) is 9.66. The smallest absolute Gasteiger partial charge is 0.0239 e. The van der Waals surface area contributed by atoms with Gasteiger partial charge in [0.25, 0.3) is 0 Å². The summed E-state index contributed by atoms with van der Waals surface area (Å²) in [6.45, 7) is 7.42. The lowest BCUT2D eigenvalue weighted by Gasteiger charge is -2.34. The molecule has 0 saturated heterocycles. The number of rotatable bonds is 2. The van der Waals surface area contributed by atoms with Crippen LogP contribution in [-0.4, -0.2) is 17.5 Å². The summed E-state index contributed by atoms with van der Waals surface area (Å²) in [7, 11) is 0. The number of hydrogen-bond donors (Lipinski definition) is 1. The topological polar surface area (TPSA) is 29.3 Å². The summed E-state index contributed by atoms with van der Waals surface area (Å²) in [5, 5.41) is 0. The molecule has 15 heavy (non-hydrogen) atoms. The predicted octanol–water partition coefficient (Wildman–Crippen LogP) is 1.91. The Labute approximate surface area is 92.1 Å². The number of nitrogens with two attached hydrogens (primary N) is 1. The van der Waals surface area contributed by atoms with Crippen molar-refractivity contribution >= 4 is 0 Å². The van der Waals surface area contributed by atoms with Gasteiger partial charge in [0.15, 0.2) is 0 Å². The van der Waals surface area contributed by atoms with Crippen LogP contribution in [0.25, 0.3) is 0 Å².